The lowest BCUT2D eigenvalue weighted by Gasteiger charge is -2.35. The lowest BCUT2D eigenvalue weighted by Crippen LogP contribution is -2.49. The van der Waals surface area contributed by atoms with Crippen LogP contribution in [0.4, 0.5) is 20.2 Å². The molecule has 0 spiro atoms. The Morgan fingerprint density at radius 3 is 2.22 bits per heavy atom. The number of nitrogens with zero attached hydrogens (tertiary/aromatic N) is 3. The monoisotopic (exact) mass is 468 g/mol. The second-order valence-electron chi connectivity index (χ2n) is 7.53. The van der Waals surface area contributed by atoms with Crippen LogP contribution in [0.2, 0.25) is 0 Å². The van der Waals surface area contributed by atoms with Crippen molar-refractivity contribution in [3.05, 3.63) is 63.7 Å². The highest BCUT2D eigenvalue weighted by Gasteiger charge is 2.34. The maximum absolute atomic E-state index is 14.0. The summed E-state index contributed by atoms with van der Waals surface area (Å²) in [7, 11) is -4.42. The van der Waals surface area contributed by atoms with E-state index in [1.165, 1.54) is 18.2 Å². The third kappa shape index (κ3) is 4.70. The molecule has 1 fully saturated rings. The minimum atomic E-state index is -4.42. The number of anilines is 1. The second kappa shape index (κ2) is 9.17. The number of sulfonamides is 1. The van der Waals surface area contributed by atoms with E-state index in [0.717, 1.165) is 22.5 Å². The van der Waals surface area contributed by atoms with Crippen molar-refractivity contribution in [2.75, 3.05) is 31.1 Å². The highest BCUT2D eigenvalue weighted by Crippen LogP contribution is 2.31. The van der Waals surface area contributed by atoms with Crippen LogP contribution >= 0.6 is 0 Å². The molecule has 2 aromatic carbocycles. The van der Waals surface area contributed by atoms with Gasteiger partial charge in [0.25, 0.3) is 11.6 Å². The molecule has 0 atom stereocenters. The third-order valence-electron chi connectivity index (χ3n) is 4.95. The Morgan fingerprint density at radius 1 is 1.09 bits per heavy atom. The Morgan fingerprint density at radius 2 is 1.69 bits per heavy atom. The standard InChI is InChI=1S/C20H22F2N4O5S/c1-13(2)23-20(27)14-6-7-17(18(12-14)26(28)29)24-8-10-25(11-9-24)32(30,31)19-15(21)4-3-5-16(19)22/h3-7,12-13H,8-11H2,1-2H3,(H,23,27). The topological polar surface area (TPSA) is 113 Å². The summed E-state index contributed by atoms with van der Waals surface area (Å²) >= 11 is 0. The minimum Gasteiger partial charge on any atom is -0.363 e. The molecule has 1 aliphatic rings. The van der Waals surface area contributed by atoms with Crippen molar-refractivity contribution in [1.82, 2.24) is 9.62 Å². The van der Waals surface area contributed by atoms with Crippen molar-refractivity contribution in [2.24, 2.45) is 0 Å². The number of rotatable bonds is 6. The highest BCUT2D eigenvalue weighted by atomic mass is 32.2. The van der Waals surface area contributed by atoms with E-state index in [-0.39, 0.29) is 49.2 Å². The SMILES string of the molecule is CC(C)NC(=O)c1ccc(N2CCN(S(=O)(=O)c3c(F)cccc3F)CC2)c([N+](=O)[O-])c1. The second-order valence-corrected chi connectivity index (χ2v) is 9.41. The molecule has 1 amide bonds. The normalized spacial score (nSPS) is 15.1. The van der Waals surface area contributed by atoms with Gasteiger partial charge in [0, 0.05) is 43.9 Å². The third-order valence-corrected chi connectivity index (χ3v) is 6.90. The van der Waals surface area contributed by atoms with Crippen LogP contribution in [0.1, 0.15) is 24.2 Å². The van der Waals surface area contributed by atoms with E-state index >= 15 is 0 Å². The lowest BCUT2D eigenvalue weighted by molar-refractivity contribution is -0.384. The Hall–Kier alpha value is -3.12. The number of nitro benzene ring substituents is 1. The number of benzene rings is 2. The molecule has 1 heterocycles. The van der Waals surface area contributed by atoms with Crippen molar-refractivity contribution in [3.63, 3.8) is 0 Å². The van der Waals surface area contributed by atoms with E-state index in [0.29, 0.717) is 0 Å². The van der Waals surface area contributed by atoms with Gasteiger partial charge in [0.15, 0.2) is 4.90 Å². The first-order valence-corrected chi connectivity index (χ1v) is 11.2. The van der Waals surface area contributed by atoms with Crippen molar-refractivity contribution in [1.29, 1.82) is 0 Å². The Kier molecular flexibility index (Phi) is 6.74. The quantitative estimate of drug-likeness (QED) is 0.515. The van der Waals surface area contributed by atoms with E-state index in [9.17, 15) is 32.1 Å². The van der Waals surface area contributed by atoms with Gasteiger partial charge in [0.1, 0.15) is 17.3 Å². The first-order valence-electron chi connectivity index (χ1n) is 9.80. The van der Waals surface area contributed by atoms with Crippen LogP contribution in [0.5, 0.6) is 0 Å². The molecule has 0 saturated carbocycles. The first-order chi connectivity index (χ1) is 15.0. The molecule has 9 nitrogen and oxygen atoms in total. The summed E-state index contributed by atoms with van der Waals surface area (Å²) in [6, 6.07) is 6.73. The summed E-state index contributed by atoms with van der Waals surface area (Å²) in [6.45, 7) is 3.41. The largest absolute Gasteiger partial charge is 0.363 e. The lowest BCUT2D eigenvalue weighted by atomic mass is 10.1. The molecule has 172 valence electrons. The van der Waals surface area contributed by atoms with E-state index in [1.807, 2.05) is 0 Å². The van der Waals surface area contributed by atoms with Gasteiger partial charge in [-0.15, -0.1) is 0 Å². The number of nitro groups is 1. The molecule has 12 heteroatoms. The number of piperazine rings is 1. The molecule has 0 aromatic heterocycles. The molecule has 0 radical (unpaired) electrons. The van der Waals surface area contributed by atoms with Gasteiger partial charge in [-0.3, -0.25) is 14.9 Å². The number of carbonyl (C=O) groups excluding carboxylic acids is 1. The molecule has 1 saturated heterocycles. The van der Waals surface area contributed by atoms with Gasteiger partial charge < -0.3 is 10.2 Å². The average molecular weight is 468 g/mol. The summed E-state index contributed by atoms with van der Waals surface area (Å²) < 4.78 is 54.4. The maximum Gasteiger partial charge on any atom is 0.293 e. The van der Waals surface area contributed by atoms with Gasteiger partial charge in [-0.25, -0.2) is 17.2 Å². The van der Waals surface area contributed by atoms with E-state index in [1.54, 1.807) is 18.7 Å². The number of hydrogen-bond donors (Lipinski definition) is 1. The highest BCUT2D eigenvalue weighted by molar-refractivity contribution is 7.89. The van der Waals surface area contributed by atoms with E-state index < -0.39 is 37.4 Å². The van der Waals surface area contributed by atoms with Crippen LogP contribution in [0.15, 0.2) is 41.3 Å². The van der Waals surface area contributed by atoms with Gasteiger partial charge in [-0.1, -0.05) is 6.07 Å². The van der Waals surface area contributed by atoms with E-state index in [2.05, 4.69) is 5.32 Å². The number of hydrogen-bond acceptors (Lipinski definition) is 6. The molecule has 3 rings (SSSR count). The molecule has 2 aromatic rings. The Balaban J connectivity index is 1.82. The number of carbonyl (C=O) groups is 1. The van der Waals surface area contributed by atoms with Crippen LogP contribution in [0, 0.1) is 21.7 Å². The fourth-order valence-corrected chi connectivity index (χ4v) is 4.98. The smallest absolute Gasteiger partial charge is 0.293 e. The molecular formula is C20H22F2N4O5S. The van der Waals surface area contributed by atoms with Crippen LogP contribution in [0.3, 0.4) is 0 Å². The zero-order valence-electron chi connectivity index (χ0n) is 17.4. The zero-order valence-corrected chi connectivity index (χ0v) is 18.2. The molecule has 0 unspecified atom stereocenters. The first kappa shape index (κ1) is 23.5. The minimum absolute atomic E-state index is 0.0632. The number of nitrogens with one attached hydrogen (secondary N) is 1. The molecule has 1 N–H and O–H groups in total. The van der Waals surface area contributed by atoms with Gasteiger partial charge in [0.2, 0.25) is 10.0 Å². The van der Waals surface area contributed by atoms with Gasteiger partial charge in [-0.2, -0.15) is 4.31 Å². The predicted octanol–water partition coefficient (Wildman–Crippen LogP) is 2.52. The van der Waals surface area contributed by atoms with Crippen LogP contribution in [0.25, 0.3) is 0 Å². The maximum atomic E-state index is 14.0. The van der Waals surface area contributed by atoms with Crippen molar-refractivity contribution in [2.45, 2.75) is 24.8 Å². The predicted molar refractivity (Wildman–Crippen MR) is 113 cm³/mol. The van der Waals surface area contributed by atoms with E-state index in [4.69, 9.17) is 0 Å². The van der Waals surface area contributed by atoms with Crippen LogP contribution in [-0.4, -0.2) is 55.8 Å². The summed E-state index contributed by atoms with van der Waals surface area (Å²) in [4.78, 5) is 23.8. The molecule has 1 aliphatic heterocycles. The molecular weight excluding hydrogens is 446 g/mol. The zero-order chi connectivity index (χ0) is 23.6. The van der Waals surface area contributed by atoms with Gasteiger partial charge in [-0.05, 0) is 38.1 Å². The molecule has 32 heavy (non-hydrogen) atoms. The number of halogens is 2. The molecule has 0 bridgehead atoms. The Labute approximate surface area is 183 Å². The fourth-order valence-electron chi connectivity index (χ4n) is 3.45. The average Bonchev–Trinajstić information content (AvgIpc) is 2.72. The van der Waals surface area contributed by atoms with Crippen molar-refractivity contribution in [3.8, 4) is 0 Å². The Bertz CT molecular complexity index is 1130. The molecule has 0 aliphatic carbocycles. The number of amides is 1. The summed E-state index contributed by atoms with van der Waals surface area (Å²) in [5.41, 5.74) is 0.0634. The summed E-state index contributed by atoms with van der Waals surface area (Å²) in [5, 5.41) is 14.3. The van der Waals surface area contributed by atoms with Crippen LogP contribution < -0.4 is 10.2 Å². The van der Waals surface area contributed by atoms with Crippen molar-refractivity contribution < 1.29 is 26.9 Å². The van der Waals surface area contributed by atoms with Crippen LogP contribution in [-0.2, 0) is 10.0 Å². The van der Waals surface area contributed by atoms with Gasteiger partial charge >= 0.3 is 0 Å². The summed E-state index contributed by atoms with van der Waals surface area (Å²) in [6.07, 6.45) is 0. The van der Waals surface area contributed by atoms with Crippen molar-refractivity contribution >= 4 is 27.3 Å². The van der Waals surface area contributed by atoms with Gasteiger partial charge in [0.05, 0.1) is 4.92 Å². The summed E-state index contributed by atoms with van der Waals surface area (Å²) in [5.74, 6) is -2.81. The fraction of sp³-hybridized carbons (Fsp3) is 0.350.